The number of benzene rings is 1. The van der Waals surface area contributed by atoms with Crippen LogP contribution in [0, 0.1) is 17.1 Å². The first-order valence-corrected chi connectivity index (χ1v) is 13.2. The Bertz CT molecular complexity index is 1520. The standard InChI is InChI=1S/C26H30FN7OS/c1-5-17-13-34(21-11-23(35)31(4)22-14-32(10-9-28)30-25(21)22)18(6-2)12-33(17)16(3)19-7-8-20-26(24(19)27)36-15-29-20/h7-8,11,14-18H,5-6,10,12-13H2,1-4H3/t16?,17-,18+/m1/s1. The van der Waals surface area contributed by atoms with Crippen LogP contribution in [0.4, 0.5) is 10.1 Å². The SMILES string of the molecule is CC[C@H]1CN(C(C)c2ccc3ncsc3c2F)[C@H](CC)CN1c1cc(=O)n(C)c2cn(CC#N)nc12. The minimum atomic E-state index is -0.177. The average Bonchev–Trinajstić information content (AvgIpc) is 3.53. The van der Waals surface area contributed by atoms with E-state index < -0.39 is 0 Å². The van der Waals surface area contributed by atoms with Crippen LogP contribution in [0.5, 0.6) is 0 Å². The number of pyridine rings is 1. The molecule has 4 heterocycles. The van der Waals surface area contributed by atoms with Gasteiger partial charge in [-0.05, 0) is 25.8 Å². The second-order valence-electron chi connectivity index (χ2n) is 9.46. The van der Waals surface area contributed by atoms with Crippen LogP contribution in [0.25, 0.3) is 21.3 Å². The van der Waals surface area contributed by atoms with E-state index in [4.69, 9.17) is 5.26 Å². The number of nitriles is 1. The van der Waals surface area contributed by atoms with Crippen LogP contribution in [0.1, 0.15) is 45.2 Å². The molecular weight excluding hydrogens is 477 g/mol. The van der Waals surface area contributed by atoms with Gasteiger partial charge >= 0.3 is 0 Å². The molecule has 36 heavy (non-hydrogen) atoms. The number of aromatic nitrogens is 4. The molecular formula is C26H30FN7OS. The van der Waals surface area contributed by atoms with E-state index in [0.717, 1.165) is 30.6 Å². The fourth-order valence-corrected chi connectivity index (χ4v) is 6.21. The zero-order valence-electron chi connectivity index (χ0n) is 21.0. The molecule has 1 unspecified atom stereocenters. The van der Waals surface area contributed by atoms with Gasteiger partial charge in [0.1, 0.15) is 17.9 Å². The first-order chi connectivity index (χ1) is 17.4. The van der Waals surface area contributed by atoms with Gasteiger partial charge in [0.05, 0.1) is 39.2 Å². The van der Waals surface area contributed by atoms with E-state index in [0.29, 0.717) is 27.8 Å². The zero-order chi connectivity index (χ0) is 25.6. The average molecular weight is 508 g/mol. The molecule has 188 valence electrons. The molecule has 0 bridgehead atoms. The zero-order valence-corrected chi connectivity index (χ0v) is 21.8. The van der Waals surface area contributed by atoms with E-state index >= 15 is 4.39 Å². The Kier molecular flexibility index (Phi) is 6.53. The summed E-state index contributed by atoms with van der Waals surface area (Å²) in [6.45, 7) is 7.94. The minimum Gasteiger partial charge on any atom is -0.364 e. The Morgan fingerprint density at radius 3 is 2.75 bits per heavy atom. The molecule has 1 aliphatic heterocycles. The summed E-state index contributed by atoms with van der Waals surface area (Å²) < 4.78 is 19.2. The topological polar surface area (TPSA) is 83.0 Å². The van der Waals surface area contributed by atoms with Crippen molar-refractivity contribution in [2.45, 2.75) is 58.3 Å². The number of rotatable bonds is 6. The predicted octanol–water partition coefficient (Wildman–Crippen LogP) is 4.45. The molecule has 5 rings (SSSR count). The van der Waals surface area contributed by atoms with Crippen LogP contribution >= 0.6 is 11.3 Å². The number of halogens is 1. The molecule has 4 aromatic rings. The van der Waals surface area contributed by atoms with Crippen molar-refractivity contribution in [2.75, 3.05) is 18.0 Å². The van der Waals surface area contributed by atoms with E-state index in [2.05, 4.69) is 46.7 Å². The van der Waals surface area contributed by atoms with E-state index in [1.54, 1.807) is 34.1 Å². The second-order valence-corrected chi connectivity index (χ2v) is 10.3. The fraction of sp³-hybridized carbons (Fsp3) is 0.462. The van der Waals surface area contributed by atoms with E-state index in [-0.39, 0.29) is 36.0 Å². The molecule has 1 aliphatic rings. The summed E-state index contributed by atoms with van der Waals surface area (Å²) in [6.07, 6.45) is 3.52. The maximum absolute atomic E-state index is 15.4. The summed E-state index contributed by atoms with van der Waals surface area (Å²) in [7, 11) is 1.73. The third-order valence-corrected chi connectivity index (χ3v) is 8.41. The van der Waals surface area contributed by atoms with Gasteiger partial charge in [0.15, 0.2) is 0 Å². The lowest BCUT2D eigenvalue weighted by Crippen LogP contribution is -2.59. The molecule has 1 saturated heterocycles. The van der Waals surface area contributed by atoms with Gasteiger partial charge in [-0.3, -0.25) is 14.4 Å². The lowest BCUT2D eigenvalue weighted by atomic mass is 9.96. The molecule has 0 N–H and O–H groups in total. The molecule has 0 spiro atoms. The second kappa shape index (κ2) is 9.64. The van der Waals surface area contributed by atoms with Gasteiger partial charge in [0, 0.05) is 49.9 Å². The molecule has 1 fully saturated rings. The summed E-state index contributed by atoms with van der Waals surface area (Å²) in [5.41, 5.74) is 5.22. The third kappa shape index (κ3) is 3.96. The van der Waals surface area contributed by atoms with Crippen LogP contribution < -0.4 is 10.5 Å². The lowest BCUT2D eigenvalue weighted by molar-refractivity contribution is 0.0995. The molecule has 3 atom stereocenters. The van der Waals surface area contributed by atoms with Crippen LogP contribution in [-0.4, -0.2) is 49.4 Å². The first kappa shape index (κ1) is 24.4. The highest BCUT2D eigenvalue weighted by Crippen LogP contribution is 2.36. The first-order valence-electron chi connectivity index (χ1n) is 12.4. The molecule has 1 aromatic carbocycles. The molecule has 0 radical (unpaired) electrons. The van der Waals surface area contributed by atoms with Crippen LogP contribution in [0.2, 0.25) is 0 Å². The summed E-state index contributed by atoms with van der Waals surface area (Å²) in [5.74, 6) is -0.177. The fourth-order valence-electron chi connectivity index (χ4n) is 5.48. The molecule has 8 nitrogen and oxygen atoms in total. The molecule has 0 saturated carbocycles. The Balaban J connectivity index is 1.53. The van der Waals surface area contributed by atoms with Crippen molar-refractivity contribution in [1.82, 2.24) is 24.2 Å². The van der Waals surface area contributed by atoms with Crippen molar-refractivity contribution < 1.29 is 4.39 Å². The third-order valence-electron chi connectivity index (χ3n) is 7.58. The Labute approximate surface area is 213 Å². The van der Waals surface area contributed by atoms with Crippen molar-refractivity contribution in [3.63, 3.8) is 0 Å². The number of hydrogen-bond donors (Lipinski definition) is 0. The van der Waals surface area contributed by atoms with E-state index in [1.807, 2.05) is 12.1 Å². The van der Waals surface area contributed by atoms with E-state index in [1.165, 1.54) is 11.3 Å². The maximum Gasteiger partial charge on any atom is 0.252 e. The molecule has 10 heteroatoms. The van der Waals surface area contributed by atoms with Gasteiger partial charge in [-0.15, -0.1) is 11.3 Å². The lowest BCUT2D eigenvalue weighted by Gasteiger charge is -2.49. The van der Waals surface area contributed by atoms with Gasteiger partial charge in [-0.25, -0.2) is 9.37 Å². The van der Waals surface area contributed by atoms with Crippen LogP contribution in [-0.2, 0) is 13.6 Å². The number of anilines is 1. The van der Waals surface area contributed by atoms with Crippen molar-refractivity contribution in [1.29, 1.82) is 5.26 Å². The number of fused-ring (bicyclic) bond motifs is 2. The number of hydrogen-bond acceptors (Lipinski definition) is 7. The highest BCUT2D eigenvalue weighted by atomic mass is 32.1. The van der Waals surface area contributed by atoms with Crippen molar-refractivity contribution >= 4 is 38.3 Å². The van der Waals surface area contributed by atoms with Crippen molar-refractivity contribution in [3.8, 4) is 6.07 Å². The summed E-state index contributed by atoms with van der Waals surface area (Å²) in [4.78, 5) is 21.8. The van der Waals surface area contributed by atoms with Crippen LogP contribution in [0.15, 0.2) is 34.7 Å². The van der Waals surface area contributed by atoms with Gasteiger partial charge < -0.3 is 9.47 Å². The number of thiazole rings is 1. The summed E-state index contributed by atoms with van der Waals surface area (Å²) in [6, 6.07) is 7.75. The largest absolute Gasteiger partial charge is 0.364 e. The summed E-state index contributed by atoms with van der Waals surface area (Å²) >= 11 is 1.34. The molecule has 0 aliphatic carbocycles. The van der Waals surface area contributed by atoms with Gasteiger partial charge in [0.2, 0.25) is 0 Å². The normalized spacial score (nSPS) is 19.7. The molecule has 3 aromatic heterocycles. The summed E-state index contributed by atoms with van der Waals surface area (Å²) in [5, 5.41) is 13.8. The Morgan fingerprint density at radius 1 is 1.25 bits per heavy atom. The number of piperazine rings is 1. The van der Waals surface area contributed by atoms with Crippen molar-refractivity contribution in [3.05, 3.63) is 51.6 Å². The smallest absolute Gasteiger partial charge is 0.252 e. The monoisotopic (exact) mass is 507 g/mol. The highest BCUT2D eigenvalue weighted by molar-refractivity contribution is 7.16. The van der Waals surface area contributed by atoms with Gasteiger partial charge in [0.25, 0.3) is 5.56 Å². The quantitative estimate of drug-likeness (QED) is 0.384. The molecule has 0 amide bonds. The Hall–Kier alpha value is -3.29. The van der Waals surface area contributed by atoms with E-state index in [9.17, 15) is 4.79 Å². The van der Waals surface area contributed by atoms with Crippen molar-refractivity contribution in [2.24, 2.45) is 7.05 Å². The number of nitrogens with zero attached hydrogens (tertiary/aromatic N) is 7. The van der Waals surface area contributed by atoms with Gasteiger partial charge in [-0.1, -0.05) is 19.9 Å². The number of aryl methyl sites for hydroxylation is 1. The van der Waals surface area contributed by atoms with Gasteiger partial charge in [-0.2, -0.15) is 10.4 Å². The minimum absolute atomic E-state index is 0.101. The maximum atomic E-state index is 15.4. The van der Waals surface area contributed by atoms with Crippen LogP contribution in [0.3, 0.4) is 0 Å². The highest BCUT2D eigenvalue weighted by Gasteiger charge is 2.37. The predicted molar refractivity (Wildman–Crippen MR) is 141 cm³/mol. The Morgan fingerprint density at radius 2 is 2.03 bits per heavy atom.